The van der Waals surface area contributed by atoms with Crippen LogP contribution in [-0.2, 0) is 0 Å². The molecule has 2 atom stereocenters. The fourth-order valence-electron chi connectivity index (χ4n) is 2.49. The molecule has 0 aromatic carbocycles. The van der Waals surface area contributed by atoms with Gasteiger partial charge in [0.25, 0.3) is 0 Å². The first-order valence-corrected chi connectivity index (χ1v) is 5.98. The van der Waals surface area contributed by atoms with Gasteiger partial charge in [0.2, 0.25) is 5.95 Å². The Hall–Kier alpha value is -0.990. The third-order valence-corrected chi connectivity index (χ3v) is 3.26. The van der Waals surface area contributed by atoms with E-state index in [-0.39, 0.29) is 0 Å². The lowest BCUT2D eigenvalue weighted by atomic mass is 10.1. The van der Waals surface area contributed by atoms with E-state index in [1.165, 1.54) is 19.3 Å². The van der Waals surface area contributed by atoms with Crippen LogP contribution in [-0.4, -0.2) is 15.6 Å². The second kappa shape index (κ2) is 4.25. The summed E-state index contributed by atoms with van der Waals surface area (Å²) in [5.74, 6) is 1.82. The summed E-state index contributed by atoms with van der Waals surface area (Å²) in [4.78, 5) is 4.39. The van der Waals surface area contributed by atoms with Crippen LogP contribution in [0.2, 0.25) is 0 Å². The lowest BCUT2D eigenvalue weighted by Gasteiger charge is -2.21. The molecule has 3 heteroatoms. The molecule has 84 valence electrons. The Morgan fingerprint density at radius 3 is 2.87 bits per heavy atom. The van der Waals surface area contributed by atoms with Gasteiger partial charge in [-0.15, -0.1) is 0 Å². The van der Waals surface area contributed by atoms with Gasteiger partial charge in [0.1, 0.15) is 0 Å². The van der Waals surface area contributed by atoms with Gasteiger partial charge >= 0.3 is 0 Å². The maximum atomic E-state index is 4.39. The van der Waals surface area contributed by atoms with Crippen LogP contribution in [0.1, 0.15) is 46.1 Å². The summed E-state index contributed by atoms with van der Waals surface area (Å²) in [6.07, 6.45) is 8.01. The lowest BCUT2D eigenvalue weighted by Crippen LogP contribution is -2.18. The van der Waals surface area contributed by atoms with Gasteiger partial charge in [0.15, 0.2) is 0 Å². The molecule has 0 spiro atoms. The quantitative estimate of drug-likeness (QED) is 0.825. The summed E-state index contributed by atoms with van der Waals surface area (Å²) in [7, 11) is 0. The highest BCUT2D eigenvalue weighted by Crippen LogP contribution is 2.36. The van der Waals surface area contributed by atoms with Gasteiger partial charge in [-0.25, -0.2) is 4.98 Å². The number of anilines is 1. The van der Waals surface area contributed by atoms with E-state index in [0.717, 1.165) is 11.9 Å². The maximum Gasteiger partial charge on any atom is 0.203 e. The van der Waals surface area contributed by atoms with Gasteiger partial charge in [-0.1, -0.05) is 13.3 Å². The normalized spacial score (nSPS) is 26.1. The Kier molecular flexibility index (Phi) is 2.98. The highest BCUT2D eigenvalue weighted by molar-refractivity contribution is 5.28. The minimum atomic E-state index is 0.447. The highest BCUT2D eigenvalue weighted by atomic mass is 15.2. The molecule has 2 rings (SSSR count). The van der Waals surface area contributed by atoms with Gasteiger partial charge in [-0.2, -0.15) is 0 Å². The largest absolute Gasteiger partial charge is 0.353 e. The Morgan fingerprint density at radius 1 is 1.47 bits per heavy atom. The molecule has 2 unspecified atom stereocenters. The first-order valence-electron chi connectivity index (χ1n) is 5.98. The van der Waals surface area contributed by atoms with Gasteiger partial charge in [0, 0.05) is 24.5 Å². The van der Waals surface area contributed by atoms with E-state index in [0.29, 0.717) is 12.1 Å². The molecule has 1 aliphatic carbocycles. The van der Waals surface area contributed by atoms with Crippen LogP contribution < -0.4 is 5.32 Å². The van der Waals surface area contributed by atoms with Crippen LogP contribution in [0.25, 0.3) is 0 Å². The molecule has 0 radical (unpaired) electrons. The molecule has 0 saturated heterocycles. The fraction of sp³-hybridized carbons (Fsp3) is 0.750. The van der Waals surface area contributed by atoms with Gasteiger partial charge in [-0.3, -0.25) is 0 Å². The predicted molar refractivity (Wildman–Crippen MR) is 63.0 cm³/mol. The molecular formula is C12H21N3. The van der Waals surface area contributed by atoms with E-state index in [2.05, 4.69) is 41.8 Å². The molecule has 1 aliphatic rings. The van der Waals surface area contributed by atoms with Crippen molar-refractivity contribution in [3.8, 4) is 0 Å². The smallest absolute Gasteiger partial charge is 0.203 e. The molecule has 0 amide bonds. The van der Waals surface area contributed by atoms with Gasteiger partial charge < -0.3 is 9.88 Å². The maximum absolute atomic E-state index is 4.39. The minimum absolute atomic E-state index is 0.447. The number of hydrogen-bond donors (Lipinski definition) is 1. The molecule has 1 heterocycles. The summed E-state index contributed by atoms with van der Waals surface area (Å²) in [6.45, 7) is 6.64. The minimum Gasteiger partial charge on any atom is -0.353 e. The van der Waals surface area contributed by atoms with Crippen LogP contribution in [0.5, 0.6) is 0 Å². The Morgan fingerprint density at radius 2 is 2.27 bits per heavy atom. The number of nitrogens with zero attached hydrogens (tertiary/aromatic N) is 2. The van der Waals surface area contributed by atoms with E-state index in [1.807, 2.05) is 6.20 Å². The molecule has 1 saturated carbocycles. The summed E-state index contributed by atoms with van der Waals surface area (Å²) < 4.78 is 2.32. The Labute approximate surface area is 91.9 Å². The van der Waals surface area contributed by atoms with E-state index >= 15 is 0 Å². The summed E-state index contributed by atoms with van der Waals surface area (Å²) >= 11 is 0. The SMILES string of the molecule is CC(C)Nc1nccn1C1CCCC1C. The number of rotatable bonds is 3. The second-order valence-corrected chi connectivity index (χ2v) is 4.93. The monoisotopic (exact) mass is 207 g/mol. The molecule has 15 heavy (non-hydrogen) atoms. The van der Waals surface area contributed by atoms with E-state index in [9.17, 15) is 0 Å². The zero-order chi connectivity index (χ0) is 10.8. The first kappa shape index (κ1) is 10.5. The average Bonchev–Trinajstić information content (AvgIpc) is 2.73. The third kappa shape index (κ3) is 2.16. The van der Waals surface area contributed by atoms with E-state index in [1.54, 1.807) is 0 Å². The number of imidazole rings is 1. The summed E-state index contributed by atoms with van der Waals surface area (Å²) in [6, 6.07) is 1.09. The van der Waals surface area contributed by atoms with E-state index < -0.39 is 0 Å². The molecule has 1 aromatic rings. The first-order chi connectivity index (χ1) is 7.18. The highest BCUT2D eigenvalue weighted by Gasteiger charge is 2.26. The number of hydrogen-bond acceptors (Lipinski definition) is 2. The van der Waals surface area contributed by atoms with Crippen LogP contribution >= 0.6 is 0 Å². The predicted octanol–water partition coefficient (Wildman–Crippen LogP) is 3.06. The van der Waals surface area contributed by atoms with Crippen LogP contribution in [0.15, 0.2) is 12.4 Å². The molecule has 1 N–H and O–H groups in total. The third-order valence-electron chi connectivity index (χ3n) is 3.26. The molecule has 1 aromatic heterocycles. The van der Waals surface area contributed by atoms with Crippen molar-refractivity contribution < 1.29 is 0 Å². The van der Waals surface area contributed by atoms with Crippen molar-refractivity contribution in [3.05, 3.63) is 12.4 Å². The van der Waals surface area contributed by atoms with Crippen molar-refractivity contribution in [2.24, 2.45) is 5.92 Å². The van der Waals surface area contributed by atoms with Crippen molar-refractivity contribution in [1.29, 1.82) is 0 Å². The van der Waals surface area contributed by atoms with Crippen molar-refractivity contribution in [2.45, 2.75) is 52.1 Å². The lowest BCUT2D eigenvalue weighted by molar-refractivity contribution is 0.410. The number of aromatic nitrogens is 2. The standard InChI is InChI=1S/C12H21N3/c1-9(2)14-12-13-7-8-15(12)11-6-4-5-10(11)3/h7-11H,4-6H2,1-3H3,(H,13,14). The zero-order valence-electron chi connectivity index (χ0n) is 9.90. The van der Waals surface area contributed by atoms with Crippen molar-refractivity contribution in [1.82, 2.24) is 9.55 Å². The molecule has 1 fully saturated rings. The summed E-state index contributed by atoms with van der Waals surface area (Å²) in [5.41, 5.74) is 0. The van der Waals surface area contributed by atoms with Crippen molar-refractivity contribution in [3.63, 3.8) is 0 Å². The molecule has 3 nitrogen and oxygen atoms in total. The van der Waals surface area contributed by atoms with Crippen LogP contribution in [0.3, 0.4) is 0 Å². The number of nitrogens with one attached hydrogen (secondary N) is 1. The van der Waals surface area contributed by atoms with Crippen molar-refractivity contribution >= 4 is 5.95 Å². The van der Waals surface area contributed by atoms with Crippen LogP contribution in [0, 0.1) is 5.92 Å². The van der Waals surface area contributed by atoms with Gasteiger partial charge in [-0.05, 0) is 32.6 Å². The Balaban J connectivity index is 2.16. The molecule has 0 aliphatic heterocycles. The average molecular weight is 207 g/mol. The van der Waals surface area contributed by atoms with Gasteiger partial charge in [0.05, 0.1) is 0 Å². The molecule has 0 bridgehead atoms. The van der Waals surface area contributed by atoms with E-state index in [4.69, 9.17) is 0 Å². The molecular weight excluding hydrogens is 186 g/mol. The van der Waals surface area contributed by atoms with Crippen molar-refractivity contribution in [2.75, 3.05) is 5.32 Å². The van der Waals surface area contributed by atoms with Crippen LogP contribution in [0.4, 0.5) is 5.95 Å². The fourth-order valence-corrected chi connectivity index (χ4v) is 2.49. The second-order valence-electron chi connectivity index (χ2n) is 4.93. The topological polar surface area (TPSA) is 29.9 Å². The summed E-state index contributed by atoms with van der Waals surface area (Å²) in [5, 5.41) is 3.40. The Bertz CT molecular complexity index is 316. The zero-order valence-corrected chi connectivity index (χ0v) is 9.90.